The maximum absolute atomic E-state index is 10.8. The Balaban J connectivity index is 0.000000231. The molecule has 0 amide bonds. The Morgan fingerprint density at radius 1 is 0.875 bits per heavy atom. The molecule has 0 bridgehead atoms. The Hall–Kier alpha value is -2.09. The fraction of sp³-hybridized carbons (Fsp3) is 0.0588. The van der Waals surface area contributed by atoms with Crippen LogP contribution in [0, 0.1) is 0 Å². The van der Waals surface area contributed by atoms with Crippen molar-refractivity contribution in [1.29, 1.82) is 0 Å². The molecule has 4 nitrogen and oxygen atoms in total. The molecule has 3 rings (SSSR count). The van der Waals surface area contributed by atoms with Gasteiger partial charge in [-0.15, -0.1) is 0 Å². The molecule has 0 atom stereocenters. The number of thiophene rings is 2. The van der Waals surface area contributed by atoms with Gasteiger partial charge in [-0.05, 0) is 32.3 Å². The van der Waals surface area contributed by atoms with Crippen LogP contribution in [0.25, 0.3) is 0 Å². The molecular weight excluding hydrogens is 364 g/mol. The molecule has 0 saturated heterocycles. The number of carbonyl (C=O) groups is 2. The fourth-order valence-corrected chi connectivity index (χ4v) is 3.86. The Bertz CT molecular complexity index is 598. The number of thiol groups is 1. The molecule has 1 aliphatic rings. The van der Waals surface area contributed by atoms with Crippen LogP contribution in [-0.4, -0.2) is 22.2 Å². The van der Waals surface area contributed by atoms with E-state index in [-0.39, 0.29) is 11.3 Å². The Labute approximate surface area is 151 Å². The van der Waals surface area contributed by atoms with Crippen molar-refractivity contribution < 1.29 is 19.8 Å². The van der Waals surface area contributed by atoms with E-state index in [0.717, 1.165) is 0 Å². The van der Waals surface area contributed by atoms with Crippen molar-refractivity contribution in [3.05, 3.63) is 79.7 Å². The largest absolute Gasteiger partial charge is 0.481 e. The van der Waals surface area contributed by atoms with Crippen LogP contribution in [0.4, 0.5) is 0 Å². The van der Waals surface area contributed by atoms with E-state index in [1.54, 1.807) is 45.6 Å². The van der Waals surface area contributed by atoms with Gasteiger partial charge < -0.3 is 10.2 Å². The standard InChI is InChI=1S/C9H10O4S.2C4H4S/c10-8(11)4-3-7(9(12)13)14-5-1-2-6-14;2*1-2-4-5-3-1/h1-3,5-6,14H,4H2,(H,10,11)(H,12,13);2*1-4H. The third-order valence-electron chi connectivity index (χ3n) is 2.42. The molecule has 1 aliphatic heterocycles. The summed E-state index contributed by atoms with van der Waals surface area (Å²) in [4.78, 5) is 21.2. The van der Waals surface area contributed by atoms with Gasteiger partial charge in [-0.2, -0.15) is 33.6 Å². The first kappa shape index (κ1) is 20.0. The molecule has 2 aromatic rings. The smallest absolute Gasteiger partial charge is 0.340 e. The van der Waals surface area contributed by atoms with Crippen LogP contribution in [0.2, 0.25) is 0 Å². The first-order valence-corrected chi connectivity index (χ1v) is 10.2. The van der Waals surface area contributed by atoms with Gasteiger partial charge in [-0.3, -0.25) is 4.79 Å². The number of carboxylic acids is 2. The Morgan fingerprint density at radius 2 is 1.33 bits per heavy atom. The lowest BCUT2D eigenvalue weighted by molar-refractivity contribution is -0.136. The normalized spacial score (nSPS) is 13.5. The van der Waals surface area contributed by atoms with E-state index in [0.29, 0.717) is 0 Å². The SMILES string of the molecule is O=C(O)CC=C(C(=O)O)[SH]1C=CC=C1.c1ccsc1.c1ccsc1. The van der Waals surface area contributed by atoms with Gasteiger partial charge in [0.25, 0.3) is 0 Å². The third-order valence-corrected chi connectivity index (χ3v) is 5.60. The maximum atomic E-state index is 10.8. The fourth-order valence-electron chi connectivity index (χ4n) is 1.44. The highest BCUT2D eigenvalue weighted by Crippen LogP contribution is 2.41. The zero-order chi connectivity index (χ0) is 17.6. The van der Waals surface area contributed by atoms with Gasteiger partial charge in [0.15, 0.2) is 0 Å². The van der Waals surface area contributed by atoms with E-state index < -0.39 is 22.8 Å². The second-order valence-electron chi connectivity index (χ2n) is 4.17. The van der Waals surface area contributed by atoms with Crippen molar-refractivity contribution in [2.45, 2.75) is 6.42 Å². The molecule has 0 aromatic carbocycles. The summed E-state index contributed by atoms with van der Waals surface area (Å²) in [5.74, 6) is -2.07. The summed E-state index contributed by atoms with van der Waals surface area (Å²) in [7, 11) is -0.942. The molecule has 128 valence electrons. The molecule has 0 saturated carbocycles. The molecule has 2 N–H and O–H groups in total. The lowest BCUT2D eigenvalue weighted by Crippen LogP contribution is -2.01. The van der Waals surface area contributed by atoms with Gasteiger partial charge in [-0.1, -0.05) is 42.5 Å². The van der Waals surface area contributed by atoms with Gasteiger partial charge in [0.2, 0.25) is 0 Å². The monoisotopic (exact) mass is 382 g/mol. The summed E-state index contributed by atoms with van der Waals surface area (Å²) in [5.41, 5.74) is 0. The molecule has 3 heterocycles. The topological polar surface area (TPSA) is 74.6 Å². The summed E-state index contributed by atoms with van der Waals surface area (Å²) in [6.45, 7) is 0. The number of carboxylic acid groups (broad SMARTS) is 2. The predicted octanol–water partition coefficient (Wildman–Crippen LogP) is 4.97. The zero-order valence-corrected chi connectivity index (χ0v) is 15.2. The lowest BCUT2D eigenvalue weighted by atomic mass is 10.4. The van der Waals surface area contributed by atoms with Gasteiger partial charge in [0, 0.05) is 0 Å². The van der Waals surface area contributed by atoms with Crippen molar-refractivity contribution in [2.75, 3.05) is 0 Å². The number of aliphatic carboxylic acids is 2. The highest BCUT2D eigenvalue weighted by molar-refractivity contribution is 8.26. The minimum atomic E-state index is -1.05. The number of hydrogen-bond donors (Lipinski definition) is 3. The van der Waals surface area contributed by atoms with E-state index in [4.69, 9.17) is 10.2 Å². The first-order chi connectivity index (χ1) is 11.6. The van der Waals surface area contributed by atoms with E-state index >= 15 is 0 Å². The van der Waals surface area contributed by atoms with E-state index in [1.807, 2.05) is 45.8 Å². The highest BCUT2D eigenvalue weighted by Gasteiger charge is 2.14. The molecule has 0 aliphatic carbocycles. The van der Waals surface area contributed by atoms with Crippen molar-refractivity contribution in [3.8, 4) is 0 Å². The Kier molecular flexibility index (Phi) is 10.3. The van der Waals surface area contributed by atoms with Crippen molar-refractivity contribution in [2.24, 2.45) is 0 Å². The third kappa shape index (κ3) is 9.14. The molecule has 0 unspecified atom stereocenters. The lowest BCUT2D eigenvalue weighted by Gasteiger charge is -2.10. The summed E-state index contributed by atoms with van der Waals surface area (Å²) >= 11 is 3.43. The van der Waals surface area contributed by atoms with Gasteiger partial charge in [-0.25, -0.2) is 4.79 Å². The maximum Gasteiger partial charge on any atom is 0.340 e. The van der Waals surface area contributed by atoms with E-state index in [1.165, 1.54) is 6.08 Å². The number of rotatable bonds is 4. The summed E-state index contributed by atoms with van der Waals surface area (Å²) in [6, 6.07) is 8.07. The van der Waals surface area contributed by atoms with Crippen LogP contribution in [0.3, 0.4) is 0 Å². The van der Waals surface area contributed by atoms with Crippen LogP contribution in [0.1, 0.15) is 6.42 Å². The van der Waals surface area contributed by atoms with Crippen LogP contribution in [0.15, 0.2) is 79.7 Å². The quantitative estimate of drug-likeness (QED) is 0.516. The highest BCUT2D eigenvalue weighted by atomic mass is 32.2. The van der Waals surface area contributed by atoms with Crippen LogP contribution >= 0.6 is 33.6 Å². The van der Waals surface area contributed by atoms with E-state index in [2.05, 4.69) is 0 Å². The molecule has 7 heteroatoms. The predicted molar refractivity (Wildman–Crippen MR) is 104 cm³/mol. The second kappa shape index (κ2) is 12.3. The molecular formula is C17H18O4S3. The van der Waals surface area contributed by atoms with Crippen LogP contribution in [0.5, 0.6) is 0 Å². The van der Waals surface area contributed by atoms with Crippen molar-refractivity contribution in [1.82, 2.24) is 0 Å². The van der Waals surface area contributed by atoms with Gasteiger partial charge in [0.1, 0.15) is 0 Å². The number of hydrogen-bond acceptors (Lipinski definition) is 4. The van der Waals surface area contributed by atoms with Crippen molar-refractivity contribution in [3.63, 3.8) is 0 Å². The molecule has 24 heavy (non-hydrogen) atoms. The number of allylic oxidation sites excluding steroid dienone is 2. The average Bonchev–Trinajstić information content (AvgIpc) is 3.31. The first-order valence-electron chi connectivity index (χ1n) is 6.84. The molecule has 0 fully saturated rings. The molecule has 0 spiro atoms. The summed E-state index contributed by atoms with van der Waals surface area (Å²) in [6.07, 6.45) is 4.55. The second-order valence-corrected chi connectivity index (χ2v) is 7.69. The van der Waals surface area contributed by atoms with Gasteiger partial charge in [0.05, 0.1) is 11.3 Å². The zero-order valence-electron chi connectivity index (χ0n) is 12.7. The summed E-state index contributed by atoms with van der Waals surface area (Å²) < 4.78 is 0. The summed E-state index contributed by atoms with van der Waals surface area (Å²) in [5, 5.41) is 29.0. The van der Waals surface area contributed by atoms with Crippen LogP contribution < -0.4 is 0 Å². The van der Waals surface area contributed by atoms with Crippen LogP contribution in [-0.2, 0) is 9.59 Å². The van der Waals surface area contributed by atoms with Crippen molar-refractivity contribution >= 4 is 45.5 Å². The van der Waals surface area contributed by atoms with E-state index in [9.17, 15) is 9.59 Å². The molecule has 2 aromatic heterocycles. The molecule has 0 radical (unpaired) electrons. The van der Waals surface area contributed by atoms with Gasteiger partial charge >= 0.3 is 11.9 Å². The Morgan fingerprint density at radius 3 is 1.62 bits per heavy atom. The average molecular weight is 383 g/mol. The minimum Gasteiger partial charge on any atom is -0.481 e. The minimum absolute atomic E-state index is 0.174.